The van der Waals surface area contributed by atoms with Gasteiger partial charge in [-0.3, -0.25) is 0 Å². The van der Waals surface area contributed by atoms with E-state index in [0.29, 0.717) is 6.61 Å². The molecule has 0 aromatic rings. The third-order valence-corrected chi connectivity index (χ3v) is 10.7. The van der Waals surface area contributed by atoms with Crippen LogP contribution in [0.1, 0.15) is 168 Å². The Balaban J connectivity index is 3.86. The number of rotatable bonds is 38. The first-order valence-electron chi connectivity index (χ1n) is 19.9. The summed E-state index contributed by atoms with van der Waals surface area (Å²) in [5.74, 6) is 1.65. The molecule has 0 aliphatic carbocycles. The van der Waals surface area contributed by atoms with E-state index in [0.717, 1.165) is 56.1 Å². The summed E-state index contributed by atoms with van der Waals surface area (Å²) in [7, 11) is 3.54. The zero-order chi connectivity index (χ0) is 34.9. The molecule has 280 valence electrons. The number of allylic oxidation sites excluding steroid dienone is 8. The van der Waals surface area contributed by atoms with Crippen LogP contribution in [-0.4, -0.2) is 37.4 Å². The molecule has 0 heterocycles. The van der Waals surface area contributed by atoms with Crippen molar-refractivity contribution in [2.75, 3.05) is 31.3 Å². The molecule has 48 heavy (non-hydrogen) atoms. The van der Waals surface area contributed by atoms with E-state index in [2.05, 4.69) is 62.5 Å². The fourth-order valence-electron chi connectivity index (χ4n) is 5.17. The fraction of sp³-hybridized carbons (Fsp3) is 0.762. The van der Waals surface area contributed by atoms with E-state index in [1.165, 1.54) is 135 Å². The second kappa shape index (κ2) is 42.1. The highest BCUT2D eigenvalue weighted by molar-refractivity contribution is 8.76. The molecule has 0 amide bonds. The molecule has 1 atom stereocenters. The average molecular weight is 707 g/mol. The quantitative estimate of drug-likeness (QED) is 0.0378. The number of hydrogen-bond acceptors (Lipinski definition) is 6. The number of nitrogens with two attached hydrogens (primary N) is 2. The summed E-state index contributed by atoms with van der Waals surface area (Å²) in [4.78, 5) is 0. The molecule has 0 rings (SSSR count). The topological polar surface area (TPSA) is 70.5 Å². The molecular formula is C42H78N2O2S2. The van der Waals surface area contributed by atoms with Gasteiger partial charge < -0.3 is 20.9 Å². The maximum absolute atomic E-state index is 6.27. The minimum absolute atomic E-state index is 0.133. The highest BCUT2D eigenvalue weighted by atomic mass is 33.1. The van der Waals surface area contributed by atoms with E-state index >= 15 is 0 Å². The maximum Gasteiger partial charge on any atom is 0.0906 e. The van der Waals surface area contributed by atoms with Crippen LogP contribution in [-0.2, 0) is 9.47 Å². The molecule has 1 unspecified atom stereocenters. The zero-order valence-corrected chi connectivity index (χ0v) is 33.2. The zero-order valence-electron chi connectivity index (χ0n) is 31.6. The lowest BCUT2D eigenvalue weighted by molar-refractivity contribution is -0.00609. The average Bonchev–Trinajstić information content (AvgIpc) is 3.10. The van der Waals surface area contributed by atoms with Crippen molar-refractivity contribution in [3.8, 4) is 0 Å². The predicted molar refractivity (Wildman–Crippen MR) is 221 cm³/mol. The summed E-state index contributed by atoms with van der Waals surface area (Å²) in [6.45, 7) is 6.86. The molecule has 0 saturated heterocycles. The monoisotopic (exact) mass is 707 g/mol. The van der Waals surface area contributed by atoms with E-state index in [-0.39, 0.29) is 6.10 Å². The molecule has 0 bridgehead atoms. The summed E-state index contributed by atoms with van der Waals surface area (Å²) >= 11 is 0. The van der Waals surface area contributed by atoms with Crippen LogP contribution >= 0.6 is 21.6 Å². The lowest BCUT2D eigenvalue weighted by Gasteiger charge is -2.18. The molecule has 0 aromatic heterocycles. The Morgan fingerprint density at radius 3 is 1.46 bits per heavy atom. The fourth-order valence-corrected chi connectivity index (χ4v) is 7.33. The molecule has 0 aliphatic heterocycles. The third kappa shape index (κ3) is 39.4. The van der Waals surface area contributed by atoms with E-state index in [1.807, 2.05) is 0 Å². The molecular weight excluding hydrogens is 629 g/mol. The molecule has 4 nitrogen and oxygen atoms in total. The van der Waals surface area contributed by atoms with Crippen LogP contribution in [0.4, 0.5) is 0 Å². The Morgan fingerprint density at radius 1 is 0.542 bits per heavy atom. The van der Waals surface area contributed by atoms with Gasteiger partial charge in [0, 0.05) is 36.6 Å². The molecule has 0 fully saturated rings. The van der Waals surface area contributed by atoms with Crippen molar-refractivity contribution in [2.24, 2.45) is 11.5 Å². The Morgan fingerprint density at radius 2 is 0.979 bits per heavy atom. The smallest absolute Gasteiger partial charge is 0.0906 e. The first-order chi connectivity index (χ1) is 23.7. The van der Waals surface area contributed by atoms with Crippen molar-refractivity contribution in [2.45, 2.75) is 174 Å². The summed E-state index contributed by atoms with van der Waals surface area (Å²) in [6.07, 6.45) is 50.7. The number of ether oxygens (including phenoxy) is 2. The van der Waals surface area contributed by atoms with E-state index < -0.39 is 0 Å². The Labute approximate surface area is 307 Å². The van der Waals surface area contributed by atoms with Crippen molar-refractivity contribution in [3.63, 3.8) is 0 Å². The van der Waals surface area contributed by atoms with Gasteiger partial charge >= 0.3 is 0 Å². The molecule has 4 N–H and O–H groups in total. The largest absolute Gasteiger partial charge is 0.403 e. The van der Waals surface area contributed by atoms with Crippen LogP contribution in [0.5, 0.6) is 0 Å². The van der Waals surface area contributed by atoms with Crippen molar-refractivity contribution in [3.05, 3.63) is 60.5 Å². The van der Waals surface area contributed by atoms with Crippen molar-refractivity contribution in [1.29, 1.82) is 0 Å². The van der Waals surface area contributed by atoms with Crippen LogP contribution in [0, 0.1) is 0 Å². The van der Waals surface area contributed by atoms with Gasteiger partial charge in [-0.2, -0.15) is 0 Å². The summed E-state index contributed by atoms with van der Waals surface area (Å²) in [5, 5.41) is 0. The van der Waals surface area contributed by atoms with Gasteiger partial charge in [0.25, 0.3) is 0 Å². The molecule has 0 aromatic carbocycles. The van der Waals surface area contributed by atoms with Crippen molar-refractivity contribution >= 4 is 21.6 Å². The maximum atomic E-state index is 6.27. The van der Waals surface area contributed by atoms with Crippen LogP contribution in [0.3, 0.4) is 0 Å². The van der Waals surface area contributed by atoms with Crippen molar-refractivity contribution in [1.82, 2.24) is 0 Å². The minimum atomic E-state index is 0.133. The van der Waals surface area contributed by atoms with Gasteiger partial charge in [-0.15, -0.1) is 0 Å². The van der Waals surface area contributed by atoms with E-state index in [9.17, 15) is 0 Å². The Bertz CT molecular complexity index is 782. The van der Waals surface area contributed by atoms with E-state index in [4.69, 9.17) is 20.9 Å². The third-order valence-electron chi connectivity index (χ3n) is 8.27. The van der Waals surface area contributed by atoms with Gasteiger partial charge in [0.05, 0.1) is 12.7 Å². The van der Waals surface area contributed by atoms with Gasteiger partial charge in [-0.25, -0.2) is 0 Å². The van der Waals surface area contributed by atoms with Crippen molar-refractivity contribution < 1.29 is 9.47 Å². The Kier molecular flexibility index (Phi) is 41.1. The predicted octanol–water partition coefficient (Wildman–Crippen LogP) is 13.2. The minimum Gasteiger partial charge on any atom is -0.403 e. The molecule has 0 saturated carbocycles. The van der Waals surface area contributed by atoms with Crippen LogP contribution in [0.15, 0.2) is 60.5 Å². The van der Waals surface area contributed by atoms with Crippen LogP contribution in [0.25, 0.3) is 0 Å². The van der Waals surface area contributed by atoms with Gasteiger partial charge in [-0.05, 0) is 77.0 Å². The highest BCUT2D eigenvalue weighted by Gasteiger charge is 2.10. The van der Waals surface area contributed by atoms with Gasteiger partial charge in [0.1, 0.15) is 0 Å². The first-order valence-corrected chi connectivity index (χ1v) is 22.4. The normalized spacial score (nSPS) is 13.3. The van der Waals surface area contributed by atoms with Gasteiger partial charge in [-0.1, -0.05) is 161 Å². The number of unbranched alkanes of at least 4 members (excludes halogenated alkanes) is 18. The van der Waals surface area contributed by atoms with Crippen LogP contribution < -0.4 is 11.5 Å². The lowest BCUT2D eigenvalue weighted by Crippen LogP contribution is -2.23. The van der Waals surface area contributed by atoms with Gasteiger partial charge in [0.15, 0.2) is 0 Å². The lowest BCUT2D eigenvalue weighted by atomic mass is 10.1. The molecule has 0 spiro atoms. The van der Waals surface area contributed by atoms with E-state index in [1.54, 1.807) is 21.6 Å². The standard InChI is InChI=1S/C42H78N2O2S2/c1-3-5-7-9-11-13-15-17-19-21-23-25-27-29-31-33-35-45-38-42(40-48-47-39-41(44)37-43)46-36-34-32-30-28-26-24-22-20-18-16-14-12-10-8-6-4-2/h11-14,17-20,37,42H,3-10,15-16,21-36,38-40,43-44H2,1-2H3/b13-11-,14-12-,19-17-,20-18-,41-37-. The second-order valence-electron chi connectivity index (χ2n) is 13.0. The first kappa shape index (κ1) is 46.9. The Hall–Kier alpha value is -1.08. The SMILES string of the molecule is CCCCC/C=C\C/C=C\CCCCCCCCOCC(CSSC/C(N)=C/N)OCCCCCCCC/C=C\C/C=C\CCCCC. The molecule has 0 aliphatic rings. The molecule has 0 radical (unpaired) electrons. The van der Waals surface area contributed by atoms with Crippen LogP contribution in [0.2, 0.25) is 0 Å². The summed E-state index contributed by atoms with van der Waals surface area (Å²) < 4.78 is 12.3. The summed E-state index contributed by atoms with van der Waals surface area (Å²) in [6, 6.07) is 0. The number of hydrogen-bond donors (Lipinski definition) is 2. The summed E-state index contributed by atoms with van der Waals surface area (Å²) in [5.41, 5.74) is 12.1. The molecule has 6 heteroatoms. The second-order valence-corrected chi connectivity index (χ2v) is 15.5. The highest BCUT2D eigenvalue weighted by Crippen LogP contribution is 2.24. The van der Waals surface area contributed by atoms with Gasteiger partial charge in [0.2, 0.25) is 0 Å².